The number of hydrogen-bond acceptors (Lipinski definition) is 5. The summed E-state index contributed by atoms with van der Waals surface area (Å²) in [5, 5.41) is 2.95. The van der Waals surface area contributed by atoms with Gasteiger partial charge in [-0.05, 0) is 44.4 Å². The van der Waals surface area contributed by atoms with Crippen molar-refractivity contribution in [2.45, 2.75) is 70.5 Å². The third-order valence-electron chi connectivity index (χ3n) is 6.26. The van der Waals surface area contributed by atoms with Crippen LogP contribution < -0.4 is 5.32 Å². The Bertz CT molecular complexity index is 1210. The van der Waals surface area contributed by atoms with Gasteiger partial charge < -0.3 is 10.2 Å². The van der Waals surface area contributed by atoms with Crippen molar-refractivity contribution < 1.29 is 22.8 Å². The molecule has 8 nitrogen and oxygen atoms in total. The molecule has 9 heteroatoms. The van der Waals surface area contributed by atoms with Crippen LogP contribution in [0.5, 0.6) is 0 Å². The average molecular weight is 500 g/mol. The van der Waals surface area contributed by atoms with Gasteiger partial charge in [0.15, 0.2) is 0 Å². The Hall–Kier alpha value is -3.20. The zero-order valence-electron chi connectivity index (χ0n) is 20.7. The maximum Gasteiger partial charge on any atom is 0.269 e. The Morgan fingerprint density at radius 1 is 1.06 bits per heavy atom. The SMILES string of the molecule is CC[C@H](C)NC(=O)[C@H](CC)N(Cc1cccc(C)c1)C(=O)CCN1C(=O)c2ccccc2S1(=O)=O. The van der Waals surface area contributed by atoms with Gasteiger partial charge in [-0.15, -0.1) is 0 Å². The van der Waals surface area contributed by atoms with Gasteiger partial charge in [0.2, 0.25) is 11.8 Å². The minimum atomic E-state index is -4.01. The van der Waals surface area contributed by atoms with Crippen LogP contribution in [-0.2, 0) is 26.2 Å². The van der Waals surface area contributed by atoms with E-state index in [2.05, 4.69) is 5.32 Å². The fourth-order valence-electron chi connectivity index (χ4n) is 4.16. The van der Waals surface area contributed by atoms with Crippen LogP contribution >= 0.6 is 0 Å². The fraction of sp³-hybridized carbons (Fsp3) is 0.423. The number of fused-ring (bicyclic) bond motifs is 1. The van der Waals surface area contributed by atoms with E-state index in [9.17, 15) is 22.8 Å². The lowest BCUT2D eigenvalue weighted by molar-refractivity contribution is -0.141. The van der Waals surface area contributed by atoms with Gasteiger partial charge in [0.1, 0.15) is 10.9 Å². The summed E-state index contributed by atoms with van der Waals surface area (Å²) in [6.45, 7) is 7.56. The fourth-order valence-corrected chi connectivity index (χ4v) is 5.73. The number of hydrogen-bond donors (Lipinski definition) is 1. The Labute approximate surface area is 207 Å². The molecule has 1 N–H and O–H groups in total. The van der Waals surface area contributed by atoms with Crippen molar-refractivity contribution in [1.82, 2.24) is 14.5 Å². The predicted molar refractivity (Wildman–Crippen MR) is 133 cm³/mol. The lowest BCUT2D eigenvalue weighted by Crippen LogP contribution is -2.51. The number of benzene rings is 2. The first kappa shape index (κ1) is 26.4. The monoisotopic (exact) mass is 499 g/mol. The smallest absolute Gasteiger partial charge is 0.269 e. The van der Waals surface area contributed by atoms with Gasteiger partial charge in [-0.3, -0.25) is 14.4 Å². The van der Waals surface area contributed by atoms with Crippen molar-refractivity contribution in [2.75, 3.05) is 6.54 Å². The standard InChI is InChI=1S/C26H33N3O5S/c1-5-19(4)27-25(31)22(6-2)28(17-20-11-9-10-18(3)16-20)24(30)14-15-29-26(32)21-12-7-8-13-23(21)35(29,33)34/h7-13,16,19,22H,5-6,14-15,17H2,1-4H3,(H,27,31)/t19-,22-/m0/s1. The predicted octanol–water partition coefficient (Wildman–Crippen LogP) is 3.25. The molecule has 0 unspecified atom stereocenters. The molecule has 0 saturated heterocycles. The van der Waals surface area contributed by atoms with Gasteiger partial charge in [0.05, 0.1) is 5.56 Å². The van der Waals surface area contributed by atoms with Gasteiger partial charge in [-0.2, -0.15) is 0 Å². The summed E-state index contributed by atoms with van der Waals surface area (Å²) in [4.78, 5) is 40.7. The van der Waals surface area contributed by atoms with Gasteiger partial charge in [-0.25, -0.2) is 12.7 Å². The summed E-state index contributed by atoms with van der Waals surface area (Å²) in [6, 6.07) is 12.9. The molecule has 0 spiro atoms. The van der Waals surface area contributed by atoms with Gasteiger partial charge in [-0.1, -0.05) is 55.8 Å². The summed E-state index contributed by atoms with van der Waals surface area (Å²) in [5.41, 5.74) is 2.00. The highest BCUT2D eigenvalue weighted by Gasteiger charge is 2.41. The molecule has 3 amide bonds. The van der Waals surface area contributed by atoms with Crippen molar-refractivity contribution >= 4 is 27.7 Å². The third kappa shape index (κ3) is 5.73. The number of carbonyl (C=O) groups excluding carboxylic acids is 3. The molecule has 0 aliphatic carbocycles. The molecule has 1 aliphatic rings. The molecule has 1 heterocycles. The van der Waals surface area contributed by atoms with Crippen LogP contribution in [0.4, 0.5) is 0 Å². The Balaban J connectivity index is 1.83. The van der Waals surface area contributed by atoms with Crippen LogP contribution in [0.3, 0.4) is 0 Å². The van der Waals surface area contributed by atoms with Crippen LogP contribution in [-0.4, -0.2) is 54.0 Å². The van der Waals surface area contributed by atoms with E-state index in [4.69, 9.17) is 0 Å². The first-order valence-corrected chi connectivity index (χ1v) is 13.4. The maximum atomic E-state index is 13.5. The molecule has 0 fully saturated rings. The number of carbonyl (C=O) groups is 3. The number of amides is 3. The molecule has 3 rings (SSSR count). The highest BCUT2D eigenvalue weighted by Crippen LogP contribution is 2.30. The van der Waals surface area contributed by atoms with Crippen molar-refractivity contribution in [2.24, 2.45) is 0 Å². The van der Waals surface area contributed by atoms with Gasteiger partial charge >= 0.3 is 0 Å². The molecule has 0 saturated carbocycles. The van der Waals surface area contributed by atoms with Gasteiger partial charge in [0, 0.05) is 25.6 Å². The second kappa shape index (κ2) is 11.0. The lowest BCUT2D eigenvalue weighted by atomic mass is 10.1. The van der Waals surface area contributed by atoms with E-state index >= 15 is 0 Å². The Morgan fingerprint density at radius 3 is 2.40 bits per heavy atom. The molecule has 0 bridgehead atoms. The van der Waals surface area contributed by atoms with Crippen LogP contribution in [0.2, 0.25) is 0 Å². The topological polar surface area (TPSA) is 104 Å². The van der Waals surface area contributed by atoms with Crippen LogP contribution in [0.1, 0.15) is 61.5 Å². The van der Waals surface area contributed by atoms with E-state index in [-0.39, 0.29) is 41.9 Å². The minimum absolute atomic E-state index is 0.0432. The molecule has 2 atom stereocenters. The number of rotatable bonds is 10. The highest BCUT2D eigenvalue weighted by atomic mass is 32.2. The quantitative estimate of drug-likeness (QED) is 0.540. The zero-order chi connectivity index (χ0) is 25.8. The van der Waals surface area contributed by atoms with Crippen LogP contribution in [0, 0.1) is 6.92 Å². The average Bonchev–Trinajstić information content (AvgIpc) is 3.02. The van der Waals surface area contributed by atoms with Crippen molar-refractivity contribution in [3.63, 3.8) is 0 Å². The van der Waals surface area contributed by atoms with Crippen LogP contribution in [0.25, 0.3) is 0 Å². The molecule has 35 heavy (non-hydrogen) atoms. The molecule has 2 aromatic rings. The molecular weight excluding hydrogens is 466 g/mol. The molecular formula is C26H33N3O5S. The second-order valence-electron chi connectivity index (χ2n) is 8.88. The lowest BCUT2D eigenvalue weighted by Gasteiger charge is -2.32. The summed E-state index contributed by atoms with van der Waals surface area (Å²) in [6.07, 6.45) is 0.924. The maximum absolute atomic E-state index is 13.5. The highest BCUT2D eigenvalue weighted by molar-refractivity contribution is 7.90. The Morgan fingerprint density at radius 2 is 1.77 bits per heavy atom. The van der Waals surface area contributed by atoms with E-state index in [0.29, 0.717) is 6.42 Å². The normalized spacial score (nSPS) is 15.9. The van der Waals surface area contributed by atoms with Crippen molar-refractivity contribution in [3.05, 3.63) is 65.2 Å². The number of sulfonamides is 1. The van der Waals surface area contributed by atoms with E-state index in [0.717, 1.165) is 21.9 Å². The number of nitrogens with one attached hydrogen (secondary N) is 1. The zero-order valence-corrected chi connectivity index (χ0v) is 21.5. The Kier molecular flexibility index (Phi) is 8.32. The third-order valence-corrected chi connectivity index (χ3v) is 8.10. The van der Waals surface area contributed by atoms with E-state index in [1.54, 1.807) is 12.1 Å². The molecule has 2 aromatic carbocycles. The van der Waals surface area contributed by atoms with Crippen LogP contribution in [0.15, 0.2) is 53.4 Å². The second-order valence-corrected chi connectivity index (χ2v) is 10.7. The number of nitrogens with zero attached hydrogens (tertiary/aromatic N) is 2. The summed E-state index contributed by atoms with van der Waals surface area (Å²) < 4.78 is 26.5. The molecule has 188 valence electrons. The first-order chi connectivity index (χ1) is 16.6. The summed E-state index contributed by atoms with van der Waals surface area (Å²) in [7, 11) is -4.01. The molecule has 0 aromatic heterocycles. The molecule has 0 radical (unpaired) electrons. The van der Waals surface area contributed by atoms with E-state index in [1.807, 2.05) is 52.0 Å². The summed E-state index contributed by atoms with van der Waals surface area (Å²) >= 11 is 0. The number of aryl methyl sites for hydroxylation is 1. The first-order valence-electron chi connectivity index (χ1n) is 11.9. The molecule has 1 aliphatic heterocycles. The van der Waals surface area contributed by atoms with E-state index in [1.165, 1.54) is 17.0 Å². The summed E-state index contributed by atoms with van der Waals surface area (Å²) in [5.74, 6) is -1.28. The van der Waals surface area contributed by atoms with Crippen molar-refractivity contribution in [3.8, 4) is 0 Å². The largest absolute Gasteiger partial charge is 0.352 e. The van der Waals surface area contributed by atoms with Crippen molar-refractivity contribution in [1.29, 1.82) is 0 Å². The minimum Gasteiger partial charge on any atom is -0.352 e. The van der Waals surface area contributed by atoms with Gasteiger partial charge in [0.25, 0.3) is 15.9 Å². The van der Waals surface area contributed by atoms with E-state index < -0.39 is 27.9 Å².